The zero-order valence-corrected chi connectivity index (χ0v) is 9.34. The van der Waals surface area contributed by atoms with Crippen molar-refractivity contribution < 1.29 is 14.3 Å². The first-order valence-corrected chi connectivity index (χ1v) is 5.08. The minimum Gasteiger partial charge on any atom is -0.466 e. The summed E-state index contributed by atoms with van der Waals surface area (Å²) in [5.41, 5.74) is 0. The van der Waals surface area contributed by atoms with Crippen LogP contribution in [0.25, 0.3) is 0 Å². The lowest BCUT2D eigenvalue weighted by Gasteiger charge is -2.11. The molecule has 0 saturated heterocycles. The van der Waals surface area contributed by atoms with Gasteiger partial charge in [0.1, 0.15) is 0 Å². The Morgan fingerprint density at radius 1 is 1.43 bits per heavy atom. The Morgan fingerprint density at radius 3 is 2.71 bits per heavy atom. The van der Waals surface area contributed by atoms with Gasteiger partial charge in [0.2, 0.25) is 0 Å². The van der Waals surface area contributed by atoms with Gasteiger partial charge < -0.3 is 14.8 Å². The van der Waals surface area contributed by atoms with Gasteiger partial charge in [-0.05, 0) is 13.5 Å². The molecule has 0 heterocycles. The second-order valence-corrected chi connectivity index (χ2v) is 3.23. The summed E-state index contributed by atoms with van der Waals surface area (Å²) in [7, 11) is 1.63. The lowest BCUT2D eigenvalue weighted by molar-refractivity contribution is -0.144. The van der Waals surface area contributed by atoms with Crippen molar-refractivity contribution in [3.8, 4) is 0 Å². The van der Waals surface area contributed by atoms with E-state index in [1.807, 2.05) is 13.8 Å². The first-order chi connectivity index (χ1) is 6.70. The van der Waals surface area contributed by atoms with E-state index in [0.29, 0.717) is 19.6 Å². The van der Waals surface area contributed by atoms with Gasteiger partial charge in [-0.1, -0.05) is 6.92 Å². The Labute approximate surface area is 86.0 Å². The lowest BCUT2D eigenvalue weighted by Crippen LogP contribution is -2.28. The molecule has 0 rings (SSSR count). The highest BCUT2D eigenvalue weighted by atomic mass is 16.5. The maximum atomic E-state index is 11.2. The largest absolute Gasteiger partial charge is 0.466 e. The quantitative estimate of drug-likeness (QED) is 0.471. The number of nitrogens with one attached hydrogen (secondary N) is 1. The number of hydrogen-bond donors (Lipinski definition) is 1. The molecule has 0 saturated carbocycles. The normalized spacial score (nSPS) is 12.5. The van der Waals surface area contributed by atoms with Gasteiger partial charge in [-0.15, -0.1) is 0 Å². The molecular formula is C10H21NO3. The standard InChI is InChI=1S/C10H21NO3/c1-4-11-9(2)8-10(12)14-7-5-6-13-3/h9,11H,4-8H2,1-3H3. The summed E-state index contributed by atoms with van der Waals surface area (Å²) < 4.78 is 9.84. The molecule has 1 N–H and O–H groups in total. The highest BCUT2D eigenvalue weighted by Gasteiger charge is 2.08. The molecule has 0 spiro atoms. The fraction of sp³-hybridized carbons (Fsp3) is 0.900. The van der Waals surface area contributed by atoms with Crippen LogP contribution < -0.4 is 5.32 Å². The number of ether oxygens (including phenoxy) is 2. The van der Waals surface area contributed by atoms with Crippen LogP contribution in [-0.2, 0) is 14.3 Å². The minimum atomic E-state index is -0.144. The molecule has 14 heavy (non-hydrogen) atoms. The highest BCUT2D eigenvalue weighted by molar-refractivity contribution is 5.70. The Kier molecular flexibility index (Phi) is 8.57. The van der Waals surface area contributed by atoms with E-state index in [9.17, 15) is 4.79 Å². The van der Waals surface area contributed by atoms with Crippen molar-refractivity contribution >= 4 is 5.97 Å². The summed E-state index contributed by atoms with van der Waals surface area (Å²) in [6.07, 6.45) is 1.19. The van der Waals surface area contributed by atoms with E-state index in [1.54, 1.807) is 7.11 Å². The van der Waals surface area contributed by atoms with Gasteiger partial charge in [-0.3, -0.25) is 4.79 Å². The molecule has 0 aliphatic heterocycles. The summed E-state index contributed by atoms with van der Waals surface area (Å²) in [5, 5.41) is 3.15. The van der Waals surface area contributed by atoms with Gasteiger partial charge in [-0.2, -0.15) is 0 Å². The van der Waals surface area contributed by atoms with Crippen molar-refractivity contribution in [2.24, 2.45) is 0 Å². The van der Waals surface area contributed by atoms with E-state index >= 15 is 0 Å². The van der Waals surface area contributed by atoms with Crippen LogP contribution >= 0.6 is 0 Å². The van der Waals surface area contributed by atoms with Crippen LogP contribution in [-0.4, -0.2) is 38.9 Å². The number of carbonyl (C=O) groups excluding carboxylic acids is 1. The molecule has 4 heteroatoms. The predicted octanol–water partition coefficient (Wildman–Crippen LogP) is 0.954. The van der Waals surface area contributed by atoms with Gasteiger partial charge in [0.05, 0.1) is 13.0 Å². The van der Waals surface area contributed by atoms with Gasteiger partial charge in [0.15, 0.2) is 0 Å². The molecule has 1 atom stereocenters. The summed E-state index contributed by atoms with van der Waals surface area (Å²) in [6, 6.07) is 0.190. The predicted molar refractivity (Wildman–Crippen MR) is 55.2 cm³/mol. The SMILES string of the molecule is CCNC(C)CC(=O)OCCCOC. The number of hydrogen-bond acceptors (Lipinski definition) is 4. The molecule has 1 unspecified atom stereocenters. The second-order valence-electron chi connectivity index (χ2n) is 3.23. The van der Waals surface area contributed by atoms with Gasteiger partial charge in [0.25, 0.3) is 0 Å². The fourth-order valence-electron chi connectivity index (χ4n) is 1.12. The van der Waals surface area contributed by atoms with Crippen LogP contribution in [0.3, 0.4) is 0 Å². The summed E-state index contributed by atoms with van der Waals surface area (Å²) in [4.78, 5) is 11.2. The van der Waals surface area contributed by atoms with E-state index in [1.165, 1.54) is 0 Å². The molecule has 0 fully saturated rings. The topological polar surface area (TPSA) is 47.6 Å². The van der Waals surface area contributed by atoms with Crippen LogP contribution in [0.2, 0.25) is 0 Å². The van der Waals surface area contributed by atoms with Crippen molar-refractivity contribution in [2.45, 2.75) is 32.7 Å². The molecule has 0 aromatic carbocycles. The van der Waals surface area contributed by atoms with E-state index < -0.39 is 0 Å². The zero-order valence-electron chi connectivity index (χ0n) is 9.34. The maximum absolute atomic E-state index is 11.2. The Morgan fingerprint density at radius 2 is 2.14 bits per heavy atom. The van der Waals surface area contributed by atoms with Crippen LogP contribution in [0.1, 0.15) is 26.7 Å². The second kappa shape index (κ2) is 8.97. The lowest BCUT2D eigenvalue weighted by atomic mass is 10.2. The monoisotopic (exact) mass is 203 g/mol. The van der Waals surface area contributed by atoms with Gasteiger partial charge in [-0.25, -0.2) is 0 Å². The average Bonchev–Trinajstić information content (AvgIpc) is 2.13. The molecule has 0 aromatic rings. The number of esters is 1. The summed E-state index contributed by atoms with van der Waals surface area (Å²) >= 11 is 0. The van der Waals surface area contributed by atoms with E-state index in [4.69, 9.17) is 9.47 Å². The average molecular weight is 203 g/mol. The summed E-state index contributed by atoms with van der Waals surface area (Å²) in [6.45, 7) is 5.94. The van der Waals surface area contributed by atoms with E-state index in [2.05, 4.69) is 5.32 Å². The van der Waals surface area contributed by atoms with Crippen LogP contribution in [0.5, 0.6) is 0 Å². The number of methoxy groups -OCH3 is 1. The first kappa shape index (κ1) is 13.4. The minimum absolute atomic E-state index is 0.144. The first-order valence-electron chi connectivity index (χ1n) is 5.08. The van der Waals surface area contributed by atoms with E-state index in [0.717, 1.165) is 13.0 Å². The smallest absolute Gasteiger partial charge is 0.307 e. The molecular weight excluding hydrogens is 182 g/mol. The van der Waals surface area contributed by atoms with Crippen LogP contribution in [0, 0.1) is 0 Å². The van der Waals surface area contributed by atoms with Gasteiger partial charge in [0, 0.05) is 26.2 Å². The summed E-state index contributed by atoms with van der Waals surface area (Å²) in [5.74, 6) is -0.144. The molecule has 0 radical (unpaired) electrons. The van der Waals surface area contributed by atoms with Gasteiger partial charge >= 0.3 is 5.97 Å². The van der Waals surface area contributed by atoms with Crippen LogP contribution in [0.4, 0.5) is 0 Å². The fourth-order valence-corrected chi connectivity index (χ4v) is 1.12. The Hall–Kier alpha value is -0.610. The third-order valence-corrected chi connectivity index (χ3v) is 1.78. The van der Waals surface area contributed by atoms with Crippen molar-refractivity contribution in [1.82, 2.24) is 5.32 Å². The number of rotatable bonds is 8. The number of carbonyl (C=O) groups is 1. The van der Waals surface area contributed by atoms with Crippen molar-refractivity contribution in [1.29, 1.82) is 0 Å². The van der Waals surface area contributed by atoms with Crippen molar-refractivity contribution in [3.05, 3.63) is 0 Å². The highest BCUT2D eigenvalue weighted by Crippen LogP contribution is 1.94. The third kappa shape index (κ3) is 8.01. The molecule has 0 aliphatic rings. The Bertz CT molecular complexity index is 150. The third-order valence-electron chi connectivity index (χ3n) is 1.78. The van der Waals surface area contributed by atoms with Crippen molar-refractivity contribution in [2.75, 3.05) is 26.9 Å². The molecule has 0 bridgehead atoms. The zero-order chi connectivity index (χ0) is 10.8. The maximum Gasteiger partial charge on any atom is 0.307 e. The van der Waals surface area contributed by atoms with E-state index in [-0.39, 0.29) is 12.0 Å². The molecule has 0 aromatic heterocycles. The molecule has 4 nitrogen and oxygen atoms in total. The molecule has 0 aliphatic carbocycles. The molecule has 84 valence electrons. The van der Waals surface area contributed by atoms with Crippen LogP contribution in [0.15, 0.2) is 0 Å². The molecule has 0 amide bonds. The Balaban J connectivity index is 3.35. The van der Waals surface area contributed by atoms with Crippen molar-refractivity contribution in [3.63, 3.8) is 0 Å².